The smallest absolute Gasteiger partial charge is 0.323 e. The predicted molar refractivity (Wildman–Crippen MR) is 120 cm³/mol. The third-order valence-corrected chi connectivity index (χ3v) is 5.34. The van der Waals surface area contributed by atoms with E-state index in [1.807, 2.05) is 24.3 Å². The van der Waals surface area contributed by atoms with Gasteiger partial charge in [-0.25, -0.2) is 9.48 Å². The zero-order valence-electron chi connectivity index (χ0n) is 18.0. The monoisotopic (exact) mass is 449 g/mol. The molecule has 0 saturated carbocycles. The van der Waals surface area contributed by atoms with Crippen LogP contribution in [0.4, 0.5) is 10.5 Å². The fourth-order valence-corrected chi connectivity index (χ4v) is 3.75. The fraction of sp³-hybridized carbons (Fsp3) is 0.217. The van der Waals surface area contributed by atoms with Gasteiger partial charge in [-0.05, 0) is 29.8 Å². The molecular formula is C23H23N5O5. The second-order valence-corrected chi connectivity index (χ2v) is 7.39. The summed E-state index contributed by atoms with van der Waals surface area (Å²) >= 11 is 0. The van der Waals surface area contributed by atoms with E-state index in [1.54, 1.807) is 46.2 Å². The van der Waals surface area contributed by atoms with Gasteiger partial charge in [-0.3, -0.25) is 9.59 Å². The first kappa shape index (κ1) is 21.9. The number of amides is 3. The summed E-state index contributed by atoms with van der Waals surface area (Å²) in [6, 6.07) is 13.9. The second kappa shape index (κ2) is 9.43. The quantitative estimate of drug-likeness (QED) is 0.616. The van der Waals surface area contributed by atoms with E-state index in [1.165, 1.54) is 12.0 Å². The zero-order valence-corrected chi connectivity index (χ0v) is 18.0. The van der Waals surface area contributed by atoms with Crippen molar-refractivity contribution in [2.75, 3.05) is 31.6 Å². The van der Waals surface area contributed by atoms with Crippen LogP contribution >= 0.6 is 0 Å². The highest BCUT2D eigenvalue weighted by Crippen LogP contribution is 2.30. The van der Waals surface area contributed by atoms with Crippen LogP contribution in [0, 0.1) is 0 Å². The number of carbonyl (C=O) groups is 3. The Hall–Kier alpha value is -4.34. The van der Waals surface area contributed by atoms with Crippen molar-refractivity contribution in [3.05, 3.63) is 72.1 Å². The number of methoxy groups -OCH3 is 1. The van der Waals surface area contributed by atoms with Crippen LogP contribution in [0.3, 0.4) is 0 Å². The number of rotatable bonds is 5. The van der Waals surface area contributed by atoms with Gasteiger partial charge < -0.3 is 25.0 Å². The Balaban J connectivity index is 1.63. The van der Waals surface area contributed by atoms with Gasteiger partial charge in [0.25, 0.3) is 5.91 Å². The zero-order chi connectivity index (χ0) is 23.4. The van der Waals surface area contributed by atoms with Gasteiger partial charge >= 0.3 is 12.0 Å². The number of aromatic nitrogens is 2. The number of hydrogen-bond donors (Lipinski definition) is 2. The number of fused-ring (bicyclic) bond motifs is 1. The molecule has 3 amide bonds. The molecule has 10 nitrogen and oxygen atoms in total. The van der Waals surface area contributed by atoms with Crippen molar-refractivity contribution in [1.82, 2.24) is 20.0 Å². The topological polar surface area (TPSA) is 117 Å². The molecule has 0 saturated heterocycles. The maximum Gasteiger partial charge on any atom is 0.323 e. The minimum atomic E-state index is -1.12. The molecule has 2 aromatic carbocycles. The third kappa shape index (κ3) is 4.64. The van der Waals surface area contributed by atoms with E-state index >= 15 is 0 Å². The first-order valence-electron chi connectivity index (χ1n) is 10.3. The number of aliphatic carboxylic acids is 1. The number of carbonyl (C=O) groups excluding carboxylic acids is 2. The number of nitrogens with one attached hydrogen (secondary N) is 1. The molecular weight excluding hydrogens is 426 g/mol. The van der Waals surface area contributed by atoms with Crippen molar-refractivity contribution >= 4 is 23.6 Å². The molecule has 0 unspecified atom stereocenters. The van der Waals surface area contributed by atoms with Crippen LogP contribution in [-0.2, 0) is 11.3 Å². The van der Waals surface area contributed by atoms with Gasteiger partial charge in [-0.15, -0.1) is 0 Å². The van der Waals surface area contributed by atoms with Gasteiger partial charge in [0, 0.05) is 43.8 Å². The summed E-state index contributed by atoms with van der Waals surface area (Å²) in [4.78, 5) is 40.0. The molecule has 1 aliphatic heterocycles. The van der Waals surface area contributed by atoms with E-state index in [2.05, 4.69) is 10.4 Å². The summed E-state index contributed by atoms with van der Waals surface area (Å²) in [6.45, 7) is 0.250. The highest BCUT2D eigenvalue weighted by Gasteiger charge is 2.28. The lowest BCUT2D eigenvalue weighted by Crippen LogP contribution is -2.44. The molecule has 4 rings (SSSR count). The first-order chi connectivity index (χ1) is 16.0. The molecule has 33 heavy (non-hydrogen) atoms. The lowest BCUT2D eigenvalue weighted by molar-refractivity contribution is -0.135. The standard InChI is InChI=1S/C23H23N5O5/c1-33-20-13-17(28-10-4-9-25-28)7-8-18(20)22(31)27-12-11-26(23(32)24-14-21(29)30)15-16-5-2-3-6-19(16)27/h2-10,13H,11-12,14-15H2,1H3,(H,24,32)(H,29,30). The summed E-state index contributed by atoms with van der Waals surface area (Å²) < 4.78 is 7.18. The Morgan fingerprint density at radius 1 is 1.12 bits per heavy atom. The molecule has 1 aromatic heterocycles. The molecule has 0 fully saturated rings. The van der Waals surface area contributed by atoms with Crippen molar-refractivity contribution < 1.29 is 24.2 Å². The van der Waals surface area contributed by atoms with E-state index in [0.717, 1.165) is 11.3 Å². The van der Waals surface area contributed by atoms with Gasteiger partial charge in [-0.2, -0.15) is 5.10 Å². The Morgan fingerprint density at radius 3 is 2.67 bits per heavy atom. The molecule has 0 aliphatic carbocycles. The number of nitrogens with zero attached hydrogens (tertiary/aromatic N) is 4. The van der Waals surface area contributed by atoms with Gasteiger partial charge in [0.15, 0.2) is 0 Å². The Labute approximate surface area is 190 Å². The van der Waals surface area contributed by atoms with E-state index in [0.29, 0.717) is 17.0 Å². The largest absolute Gasteiger partial charge is 0.496 e. The van der Waals surface area contributed by atoms with E-state index < -0.39 is 18.5 Å². The van der Waals surface area contributed by atoms with E-state index in [4.69, 9.17) is 9.84 Å². The first-order valence-corrected chi connectivity index (χ1v) is 10.3. The molecule has 2 N–H and O–H groups in total. The van der Waals surface area contributed by atoms with Gasteiger partial charge in [0.1, 0.15) is 12.3 Å². The summed E-state index contributed by atoms with van der Waals surface area (Å²) in [6.07, 6.45) is 3.46. The maximum atomic E-state index is 13.6. The fourth-order valence-electron chi connectivity index (χ4n) is 3.75. The number of urea groups is 1. The number of carboxylic acids is 1. The van der Waals surface area contributed by atoms with Crippen molar-refractivity contribution in [2.24, 2.45) is 0 Å². The highest BCUT2D eigenvalue weighted by atomic mass is 16.5. The summed E-state index contributed by atoms with van der Waals surface area (Å²) in [5, 5.41) is 15.4. The normalized spacial score (nSPS) is 13.1. The van der Waals surface area contributed by atoms with Crippen LogP contribution in [0.25, 0.3) is 5.69 Å². The van der Waals surface area contributed by atoms with Crippen LogP contribution in [0.1, 0.15) is 15.9 Å². The van der Waals surface area contributed by atoms with Crippen molar-refractivity contribution in [1.29, 1.82) is 0 Å². The number of anilines is 1. The number of para-hydroxylation sites is 1. The van der Waals surface area contributed by atoms with Crippen LogP contribution in [0.5, 0.6) is 5.75 Å². The van der Waals surface area contributed by atoms with Crippen LogP contribution < -0.4 is 15.0 Å². The lowest BCUT2D eigenvalue weighted by atomic mass is 10.1. The SMILES string of the molecule is COc1cc(-n2cccn2)ccc1C(=O)N1CCN(C(=O)NCC(=O)O)Cc2ccccc21. The number of ether oxygens (including phenoxy) is 1. The average molecular weight is 449 g/mol. The lowest BCUT2D eigenvalue weighted by Gasteiger charge is -2.24. The van der Waals surface area contributed by atoms with E-state index in [-0.39, 0.29) is 25.5 Å². The molecule has 3 aromatic rings. The Morgan fingerprint density at radius 2 is 1.94 bits per heavy atom. The Bertz CT molecular complexity index is 1180. The molecule has 0 radical (unpaired) electrons. The number of benzene rings is 2. The highest BCUT2D eigenvalue weighted by molar-refractivity contribution is 6.08. The molecule has 2 heterocycles. The average Bonchev–Trinajstić information content (AvgIpc) is 3.29. The molecule has 0 spiro atoms. The second-order valence-electron chi connectivity index (χ2n) is 7.39. The minimum Gasteiger partial charge on any atom is -0.496 e. The third-order valence-electron chi connectivity index (χ3n) is 5.34. The van der Waals surface area contributed by atoms with Crippen LogP contribution in [0.2, 0.25) is 0 Å². The summed E-state index contributed by atoms with van der Waals surface area (Å²) in [5.74, 6) is -0.981. The molecule has 10 heteroatoms. The summed E-state index contributed by atoms with van der Waals surface area (Å²) in [5.41, 5.74) is 2.60. The van der Waals surface area contributed by atoms with Crippen molar-refractivity contribution in [2.45, 2.75) is 6.54 Å². The Kier molecular flexibility index (Phi) is 6.25. The van der Waals surface area contributed by atoms with Gasteiger partial charge in [0.05, 0.1) is 18.4 Å². The van der Waals surface area contributed by atoms with Crippen LogP contribution in [0.15, 0.2) is 60.9 Å². The maximum absolute atomic E-state index is 13.6. The molecule has 0 bridgehead atoms. The number of carboxylic acid groups (broad SMARTS) is 1. The minimum absolute atomic E-state index is 0.236. The van der Waals surface area contributed by atoms with Crippen molar-refractivity contribution in [3.8, 4) is 11.4 Å². The van der Waals surface area contributed by atoms with Gasteiger partial charge in [-0.1, -0.05) is 18.2 Å². The molecule has 0 atom stereocenters. The van der Waals surface area contributed by atoms with Gasteiger partial charge in [0.2, 0.25) is 0 Å². The molecule has 1 aliphatic rings. The number of hydrogen-bond acceptors (Lipinski definition) is 5. The summed E-state index contributed by atoms with van der Waals surface area (Å²) in [7, 11) is 1.50. The van der Waals surface area contributed by atoms with Crippen molar-refractivity contribution in [3.63, 3.8) is 0 Å². The predicted octanol–water partition coefficient (Wildman–Crippen LogP) is 2.14. The van der Waals surface area contributed by atoms with Crippen LogP contribution in [-0.4, -0.2) is 64.4 Å². The molecule has 170 valence electrons. The van der Waals surface area contributed by atoms with E-state index in [9.17, 15) is 14.4 Å².